The highest BCUT2D eigenvalue weighted by atomic mass is 16.5. The minimum atomic E-state index is -0.497. The minimum Gasteiger partial charge on any atom is -0.497 e. The van der Waals surface area contributed by atoms with Crippen LogP contribution in [0.25, 0.3) is 21.9 Å². The van der Waals surface area contributed by atoms with Gasteiger partial charge in [0, 0.05) is 30.6 Å². The molecule has 0 spiro atoms. The van der Waals surface area contributed by atoms with Gasteiger partial charge in [-0.15, -0.1) is 5.10 Å². The summed E-state index contributed by atoms with van der Waals surface area (Å²) in [5.41, 5.74) is 2.49. The van der Waals surface area contributed by atoms with Crippen LogP contribution < -0.4 is 21.0 Å². The monoisotopic (exact) mass is 526 g/mol. The van der Waals surface area contributed by atoms with E-state index in [2.05, 4.69) is 38.5 Å². The van der Waals surface area contributed by atoms with Gasteiger partial charge >= 0.3 is 0 Å². The Kier molecular flexibility index (Phi) is 7.53. The first kappa shape index (κ1) is 25.9. The zero-order valence-corrected chi connectivity index (χ0v) is 21.9. The van der Waals surface area contributed by atoms with E-state index in [4.69, 9.17) is 4.74 Å². The Balaban J connectivity index is 1.35. The molecule has 4 aromatic rings. The molecule has 39 heavy (non-hydrogen) atoms. The maximum absolute atomic E-state index is 13.5. The molecule has 2 aromatic heterocycles. The van der Waals surface area contributed by atoms with Crippen molar-refractivity contribution in [1.29, 1.82) is 0 Å². The second-order valence-corrected chi connectivity index (χ2v) is 9.36. The van der Waals surface area contributed by atoms with Gasteiger partial charge in [-0.1, -0.05) is 35.6 Å². The van der Waals surface area contributed by atoms with Crippen molar-refractivity contribution in [2.45, 2.75) is 26.3 Å². The number of benzene rings is 2. The number of hydrogen-bond acceptors (Lipinski definition) is 7. The van der Waals surface area contributed by atoms with Crippen LogP contribution in [0.1, 0.15) is 24.5 Å². The summed E-state index contributed by atoms with van der Waals surface area (Å²) in [6, 6.07) is 12.6. The van der Waals surface area contributed by atoms with Gasteiger partial charge in [-0.05, 0) is 54.8 Å². The maximum Gasteiger partial charge on any atom is 0.278 e. The Hall–Kier alpha value is -4.73. The molecule has 200 valence electrons. The number of nitrogens with zero attached hydrogens (tertiary/aromatic N) is 4. The number of methoxy groups -OCH3 is 1. The van der Waals surface area contributed by atoms with Crippen molar-refractivity contribution in [1.82, 2.24) is 30.2 Å². The number of allylic oxidation sites excluding steroid dienone is 2. The molecule has 0 saturated heterocycles. The summed E-state index contributed by atoms with van der Waals surface area (Å²) in [5, 5.41) is 11.4. The average molecular weight is 527 g/mol. The lowest BCUT2D eigenvalue weighted by Gasteiger charge is -2.27. The largest absolute Gasteiger partial charge is 0.497 e. The number of aromatic amines is 1. The molecule has 0 saturated carbocycles. The fourth-order valence-corrected chi connectivity index (χ4v) is 4.69. The van der Waals surface area contributed by atoms with Gasteiger partial charge in [0.25, 0.3) is 5.56 Å². The predicted molar refractivity (Wildman–Crippen MR) is 150 cm³/mol. The Morgan fingerprint density at radius 1 is 1.13 bits per heavy atom. The lowest BCUT2D eigenvalue weighted by atomic mass is 10.1. The number of carbonyl (C=O) groups excluding carboxylic acids is 1. The number of carbonyl (C=O) groups is 1. The number of ether oxygens (including phenoxy) is 1. The molecule has 0 radical (unpaired) electrons. The van der Waals surface area contributed by atoms with E-state index in [1.54, 1.807) is 19.2 Å². The molecule has 0 unspecified atom stereocenters. The number of nitrogens with one attached hydrogen (secondary N) is 2. The second-order valence-electron chi connectivity index (χ2n) is 9.36. The summed E-state index contributed by atoms with van der Waals surface area (Å²) in [6.45, 7) is 4.56. The first-order valence-corrected chi connectivity index (χ1v) is 12.9. The maximum atomic E-state index is 13.5. The number of hydrogen-bond donors (Lipinski definition) is 2. The Bertz CT molecular complexity index is 1700. The van der Waals surface area contributed by atoms with E-state index >= 15 is 0 Å². The third-order valence-corrected chi connectivity index (χ3v) is 6.88. The highest BCUT2D eigenvalue weighted by Gasteiger charge is 2.15. The van der Waals surface area contributed by atoms with Crippen LogP contribution >= 0.6 is 0 Å². The number of H-pyrrole nitrogens is 1. The zero-order valence-electron chi connectivity index (χ0n) is 21.9. The van der Waals surface area contributed by atoms with Crippen molar-refractivity contribution in [3.63, 3.8) is 0 Å². The molecule has 1 aliphatic rings. The van der Waals surface area contributed by atoms with Crippen molar-refractivity contribution in [3.8, 4) is 5.75 Å². The van der Waals surface area contributed by atoms with Gasteiger partial charge in [0.2, 0.25) is 11.3 Å². The van der Waals surface area contributed by atoms with E-state index in [-0.39, 0.29) is 35.3 Å². The summed E-state index contributed by atoms with van der Waals surface area (Å²) >= 11 is 0. The number of aromatic nitrogens is 4. The lowest BCUT2D eigenvalue weighted by molar-refractivity contribution is -0.120. The smallest absolute Gasteiger partial charge is 0.278 e. The van der Waals surface area contributed by atoms with Gasteiger partial charge in [0.1, 0.15) is 11.3 Å². The molecule has 5 rings (SSSR count). The van der Waals surface area contributed by atoms with Gasteiger partial charge in [-0.2, -0.15) is 0 Å². The lowest BCUT2D eigenvalue weighted by Crippen LogP contribution is -2.34. The van der Waals surface area contributed by atoms with Crippen molar-refractivity contribution >= 4 is 27.8 Å². The minimum absolute atomic E-state index is 0.0152. The topological polar surface area (TPSA) is 122 Å². The van der Waals surface area contributed by atoms with Crippen LogP contribution in [-0.2, 0) is 17.8 Å². The quantitative estimate of drug-likeness (QED) is 0.344. The summed E-state index contributed by atoms with van der Waals surface area (Å²) in [4.78, 5) is 44.0. The van der Waals surface area contributed by atoms with Crippen LogP contribution in [0.15, 0.2) is 76.0 Å². The number of likely N-dealkylation sites (N-methyl/N-ethyl adjacent to an activating group) is 1. The van der Waals surface area contributed by atoms with Crippen LogP contribution in [0.3, 0.4) is 0 Å². The summed E-state index contributed by atoms with van der Waals surface area (Å²) in [6.07, 6.45) is 6.86. The number of amides is 1. The zero-order chi connectivity index (χ0) is 27.4. The predicted octanol–water partition coefficient (Wildman–Crippen LogP) is 2.51. The number of fused-ring (bicyclic) bond motifs is 2. The molecule has 2 N–H and O–H groups in total. The van der Waals surface area contributed by atoms with E-state index in [0.717, 1.165) is 35.7 Å². The van der Waals surface area contributed by atoms with Crippen molar-refractivity contribution in [3.05, 3.63) is 98.1 Å². The van der Waals surface area contributed by atoms with E-state index < -0.39 is 5.56 Å². The molecular weight excluding hydrogens is 496 g/mol. The summed E-state index contributed by atoms with van der Waals surface area (Å²) in [7, 11) is 1.59. The van der Waals surface area contributed by atoms with Gasteiger partial charge in [0.15, 0.2) is 5.52 Å². The molecule has 3 heterocycles. The summed E-state index contributed by atoms with van der Waals surface area (Å²) < 4.78 is 6.64. The molecule has 0 bridgehead atoms. The van der Waals surface area contributed by atoms with Gasteiger partial charge < -0.3 is 19.9 Å². The third kappa shape index (κ3) is 5.59. The van der Waals surface area contributed by atoms with Crippen molar-refractivity contribution in [2.75, 3.05) is 26.7 Å². The summed E-state index contributed by atoms with van der Waals surface area (Å²) in [5.74, 6) is 0.655. The first-order chi connectivity index (χ1) is 19.0. The molecule has 0 aliphatic carbocycles. The molecule has 10 nitrogen and oxygen atoms in total. The molecule has 0 atom stereocenters. The molecule has 1 aliphatic heterocycles. The van der Waals surface area contributed by atoms with E-state index in [1.807, 2.05) is 42.5 Å². The van der Waals surface area contributed by atoms with E-state index in [0.29, 0.717) is 23.9 Å². The second kappa shape index (κ2) is 11.3. The SMILES string of the molecule is CCN1CC=CC=C1CNC(=O)CCc1ccc2c(=O)c3c(nnn3Cc3ccc(OC)cc3)c(=O)[nH]c2c1. The van der Waals surface area contributed by atoms with Crippen LogP contribution in [0.5, 0.6) is 5.75 Å². The normalized spacial score (nSPS) is 13.1. The third-order valence-electron chi connectivity index (χ3n) is 6.88. The van der Waals surface area contributed by atoms with Gasteiger partial charge in [0.05, 0.1) is 25.7 Å². The molecule has 1 amide bonds. The van der Waals surface area contributed by atoms with E-state index in [9.17, 15) is 14.4 Å². The first-order valence-electron chi connectivity index (χ1n) is 12.9. The molecule has 2 aromatic carbocycles. The van der Waals surface area contributed by atoms with Crippen LogP contribution in [0.4, 0.5) is 0 Å². The van der Waals surface area contributed by atoms with Crippen molar-refractivity contribution < 1.29 is 9.53 Å². The van der Waals surface area contributed by atoms with Crippen LogP contribution in [0.2, 0.25) is 0 Å². The highest BCUT2D eigenvalue weighted by molar-refractivity contribution is 5.87. The van der Waals surface area contributed by atoms with Gasteiger partial charge in [-0.3, -0.25) is 14.4 Å². The van der Waals surface area contributed by atoms with Crippen LogP contribution in [0, 0.1) is 0 Å². The standard InChI is InChI=1S/C29H30N6O4/c1-3-34-15-5-4-6-21(34)17-30-25(36)14-10-19-9-13-23-24(16-19)31-29(38)26-27(28(23)37)35(33-32-26)18-20-7-11-22(39-2)12-8-20/h4-9,11-13,16H,3,10,14-15,17-18H2,1-2H3,(H,30,36)(H,31,38). The number of rotatable bonds is 9. The highest BCUT2D eigenvalue weighted by Crippen LogP contribution is 2.16. The van der Waals surface area contributed by atoms with E-state index in [1.165, 1.54) is 4.68 Å². The van der Waals surface area contributed by atoms with Crippen molar-refractivity contribution in [2.24, 2.45) is 0 Å². The molecule has 0 fully saturated rings. The Labute approximate surface area is 224 Å². The van der Waals surface area contributed by atoms with Crippen LogP contribution in [-0.4, -0.2) is 57.5 Å². The fraction of sp³-hybridized carbons (Fsp3) is 0.276. The number of aryl methyl sites for hydroxylation is 1. The van der Waals surface area contributed by atoms with Gasteiger partial charge in [-0.25, -0.2) is 4.68 Å². The fourth-order valence-electron chi connectivity index (χ4n) is 4.69. The Morgan fingerprint density at radius 3 is 2.69 bits per heavy atom. The molecule has 10 heteroatoms. The Morgan fingerprint density at radius 2 is 1.92 bits per heavy atom. The average Bonchev–Trinajstić information content (AvgIpc) is 3.34. The molecular formula is C29H30N6O4.